The molecule has 0 fully saturated rings. The Balaban J connectivity index is 0.000000203. The summed E-state index contributed by atoms with van der Waals surface area (Å²) in [5, 5.41) is 21.2. The van der Waals surface area contributed by atoms with Gasteiger partial charge >= 0.3 is 6.09 Å². The van der Waals surface area contributed by atoms with E-state index >= 15 is 0 Å². The highest BCUT2D eigenvalue weighted by molar-refractivity contribution is 5.94. The number of alkyl carbamates (subject to hydrolysis) is 1. The van der Waals surface area contributed by atoms with Crippen LogP contribution in [0.3, 0.4) is 0 Å². The minimum Gasteiger partial charge on any atom is -0.445 e. The number of nitrogens with zero attached hydrogens (tertiary/aromatic N) is 8. The monoisotopic (exact) mass is 1020 g/mol. The molecule has 4 atom stereocenters. The van der Waals surface area contributed by atoms with E-state index in [2.05, 4.69) is 108 Å². The van der Waals surface area contributed by atoms with Crippen LogP contribution in [-0.2, 0) is 46.9 Å². The van der Waals surface area contributed by atoms with Crippen LogP contribution in [0.25, 0.3) is 44.3 Å². The number of nitrogens with two attached hydrogens (primary N) is 1. The van der Waals surface area contributed by atoms with Gasteiger partial charge in [-0.1, -0.05) is 117 Å². The summed E-state index contributed by atoms with van der Waals surface area (Å²) in [7, 11) is 0. The van der Waals surface area contributed by atoms with Crippen molar-refractivity contribution in [3.63, 3.8) is 0 Å². The van der Waals surface area contributed by atoms with Gasteiger partial charge in [0.2, 0.25) is 0 Å². The molecule has 390 valence electrons. The fourth-order valence-corrected chi connectivity index (χ4v) is 9.48. The van der Waals surface area contributed by atoms with Crippen molar-refractivity contribution in [2.75, 3.05) is 10.6 Å². The molecule has 0 bridgehead atoms. The largest absolute Gasteiger partial charge is 0.445 e. The van der Waals surface area contributed by atoms with Crippen LogP contribution < -0.4 is 21.7 Å². The number of carbonyl (C=O) groups is 3. The van der Waals surface area contributed by atoms with E-state index in [0.29, 0.717) is 24.6 Å². The SMILES string of the molecule is C.C.Cc1cccc([C@@H](C)Nc2nc(C)nc3ccc(-c4cc5n(n4)CC(N)C(=O)C5)cc23)c1.Cc1cccc([C@@H](C)Nc2nc(C)nc3ccc(-c4cc5n(n4)CC(NC(=O)OCc4ccccc4)C(=O)C5)cc23)c1. The van der Waals surface area contributed by atoms with E-state index in [9.17, 15) is 14.4 Å². The minimum absolute atomic E-state index is 0. The second kappa shape index (κ2) is 22.9. The maximum Gasteiger partial charge on any atom is 0.408 e. The quantitative estimate of drug-likeness (QED) is 0.0951. The molecular formula is C60H66N12O4. The molecule has 16 nitrogen and oxygen atoms in total. The normalized spacial score (nSPS) is 15.5. The van der Waals surface area contributed by atoms with Crippen LogP contribution in [0.1, 0.15) is 91.6 Å². The summed E-state index contributed by atoms with van der Waals surface area (Å²) in [6, 6.07) is 41.2. The van der Waals surface area contributed by atoms with Gasteiger partial charge in [0, 0.05) is 45.4 Å². The van der Waals surface area contributed by atoms with Crippen molar-refractivity contribution in [2.24, 2.45) is 5.73 Å². The second-order valence-electron chi connectivity index (χ2n) is 19.3. The molecule has 2 aliphatic rings. The third kappa shape index (κ3) is 12.0. The summed E-state index contributed by atoms with van der Waals surface area (Å²) in [6.07, 6.45) is -0.129. The van der Waals surface area contributed by atoms with Crippen molar-refractivity contribution in [1.82, 2.24) is 44.8 Å². The standard InChI is InChI=1S/C33H32N6O3.C25H26N6O.2CH4/c1-20-8-7-11-24(14-20)21(2)34-32-27-15-25(12-13-28(27)35-22(3)36-32)29-16-26-17-31(40)30(18-39(26)38-29)37-33(41)42-19-23-9-5-4-6-10-23;1-14-5-4-6-17(9-14)15(2)27-25-20-10-18(7-8-22(20)28-16(3)29-25)23-11-19-12-24(32)21(26)13-31(19)30-23;;/h4-16,21,30H,17-19H2,1-3H3,(H,37,41)(H,34,35,36);4-11,15,21H,12-13,26H2,1-3H3,(H,27,28,29);2*1H4/t21-,30?;15-,21?;;/m11../s1. The minimum atomic E-state index is -0.708. The van der Waals surface area contributed by atoms with Crippen LogP contribution in [0.4, 0.5) is 16.4 Å². The molecule has 0 spiro atoms. The molecule has 0 saturated heterocycles. The van der Waals surface area contributed by atoms with E-state index in [1.54, 1.807) is 4.68 Å². The Morgan fingerprint density at radius 2 is 1.12 bits per heavy atom. The fraction of sp³-hybridized carbons (Fsp3) is 0.283. The van der Waals surface area contributed by atoms with Crippen molar-refractivity contribution in [1.29, 1.82) is 0 Å². The predicted octanol–water partition coefficient (Wildman–Crippen LogP) is 10.7. The first-order valence-corrected chi connectivity index (χ1v) is 24.8. The zero-order valence-corrected chi connectivity index (χ0v) is 42.3. The number of anilines is 2. The molecule has 2 unspecified atom stereocenters. The zero-order chi connectivity index (χ0) is 51.6. The third-order valence-electron chi connectivity index (χ3n) is 13.5. The van der Waals surface area contributed by atoms with Gasteiger partial charge < -0.3 is 26.4 Å². The highest BCUT2D eigenvalue weighted by Gasteiger charge is 2.30. The first-order valence-electron chi connectivity index (χ1n) is 24.8. The number of amides is 1. The number of aromatic nitrogens is 8. The van der Waals surface area contributed by atoms with E-state index in [1.807, 2.05) is 91.3 Å². The van der Waals surface area contributed by atoms with Gasteiger partial charge in [0.1, 0.15) is 35.9 Å². The van der Waals surface area contributed by atoms with E-state index in [0.717, 1.165) is 72.9 Å². The van der Waals surface area contributed by atoms with E-state index in [1.165, 1.54) is 22.3 Å². The molecule has 0 saturated carbocycles. The number of hydrogen-bond donors (Lipinski definition) is 4. The number of fused-ring (bicyclic) bond motifs is 4. The summed E-state index contributed by atoms with van der Waals surface area (Å²) < 4.78 is 8.94. The number of rotatable bonds is 11. The second-order valence-corrected chi connectivity index (χ2v) is 19.3. The lowest BCUT2D eigenvalue weighted by Crippen LogP contribution is -2.47. The molecule has 6 heterocycles. The molecule has 1 amide bonds. The van der Waals surface area contributed by atoms with E-state index in [4.69, 9.17) is 30.6 Å². The van der Waals surface area contributed by atoms with Gasteiger partial charge in [-0.15, -0.1) is 0 Å². The van der Waals surface area contributed by atoms with Gasteiger partial charge in [0.15, 0.2) is 11.6 Å². The molecule has 4 aromatic heterocycles. The Morgan fingerprint density at radius 1 is 0.618 bits per heavy atom. The van der Waals surface area contributed by atoms with E-state index < -0.39 is 18.2 Å². The molecule has 11 rings (SSSR count). The number of ether oxygens (including phenoxy) is 1. The van der Waals surface area contributed by atoms with Crippen LogP contribution in [0, 0.1) is 27.7 Å². The van der Waals surface area contributed by atoms with Crippen LogP contribution in [0.5, 0.6) is 0 Å². The maximum atomic E-state index is 12.9. The summed E-state index contributed by atoms with van der Waals surface area (Å²) in [6.45, 7) is 13.0. The fourth-order valence-electron chi connectivity index (χ4n) is 9.48. The Morgan fingerprint density at radius 3 is 1.63 bits per heavy atom. The predicted molar refractivity (Wildman–Crippen MR) is 300 cm³/mol. The number of nitrogens with one attached hydrogen (secondary N) is 3. The number of benzene rings is 5. The molecule has 0 radical (unpaired) electrons. The lowest BCUT2D eigenvalue weighted by Gasteiger charge is -2.23. The lowest BCUT2D eigenvalue weighted by molar-refractivity contribution is -0.122. The lowest BCUT2D eigenvalue weighted by atomic mass is 10.0. The number of Topliss-reactive ketones (excluding diaryl/α,β-unsaturated/α-hetero) is 2. The molecule has 2 aliphatic heterocycles. The van der Waals surface area contributed by atoms with Gasteiger partial charge in [0.05, 0.1) is 54.4 Å². The molecule has 9 aromatic rings. The van der Waals surface area contributed by atoms with Gasteiger partial charge in [-0.2, -0.15) is 10.2 Å². The molecule has 0 aliphatic carbocycles. The average Bonchev–Trinajstić information content (AvgIpc) is 3.99. The molecule has 16 heteroatoms. The summed E-state index contributed by atoms with van der Waals surface area (Å²) in [4.78, 5) is 55.9. The number of hydrogen-bond acceptors (Lipinski definition) is 13. The highest BCUT2D eigenvalue weighted by atomic mass is 16.5. The first kappa shape index (κ1) is 53.7. The smallest absolute Gasteiger partial charge is 0.408 e. The summed E-state index contributed by atoms with van der Waals surface area (Å²) >= 11 is 0. The van der Waals surface area contributed by atoms with Gasteiger partial charge in [0.25, 0.3) is 0 Å². The van der Waals surface area contributed by atoms with Gasteiger partial charge in [-0.25, -0.2) is 24.7 Å². The zero-order valence-electron chi connectivity index (χ0n) is 42.3. The summed E-state index contributed by atoms with van der Waals surface area (Å²) in [5.41, 5.74) is 18.4. The van der Waals surface area contributed by atoms with Gasteiger partial charge in [-0.05, 0) is 94.6 Å². The number of carbonyl (C=O) groups excluding carboxylic acids is 3. The first-order chi connectivity index (χ1) is 35.7. The Bertz CT molecular complexity index is 3590. The number of ketones is 2. The average molecular weight is 1020 g/mol. The van der Waals surface area contributed by atoms with Crippen molar-refractivity contribution >= 4 is 51.1 Å². The van der Waals surface area contributed by atoms with Crippen molar-refractivity contribution in [3.05, 3.63) is 178 Å². The third-order valence-corrected chi connectivity index (χ3v) is 13.5. The molecule has 5 N–H and O–H groups in total. The Labute approximate surface area is 443 Å². The van der Waals surface area contributed by atoms with Crippen molar-refractivity contribution in [3.8, 4) is 22.5 Å². The molecule has 5 aromatic carbocycles. The maximum absolute atomic E-state index is 12.9. The molecular weight excluding hydrogens is 953 g/mol. The van der Waals surface area contributed by atoms with Crippen LogP contribution in [-0.4, -0.2) is 69.2 Å². The number of aryl methyl sites for hydroxylation is 4. The molecule has 76 heavy (non-hydrogen) atoms. The Hall–Kier alpha value is -8.63. The topological polar surface area (TPSA) is 210 Å². The van der Waals surface area contributed by atoms with Gasteiger partial charge in [-0.3, -0.25) is 19.0 Å². The van der Waals surface area contributed by atoms with Crippen LogP contribution >= 0.6 is 0 Å². The van der Waals surface area contributed by atoms with Crippen molar-refractivity contribution in [2.45, 2.75) is 113 Å². The van der Waals surface area contributed by atoms with Crippen molar-refractivity contribution < 1.29 is 19.1 Å². The Kier molecular flexibility index (Phi) is 16.1. The van der Waals surface area contributed by atoms with E-state index in [-0.39, 0.29) is 58.1 Å². The highest BCUT2D eigenvalue weighted by Crippen LogP contribution is 2.33. The van der Waals surface area contributed by atoms with Crippen LogP contribution in [0.2, 0.25) is 0 Å². The van der Waals surface area contributed by atoms with Crippen LogP contribution in [0.15, 0.2) is 127 Å². The summed E-state index contributed by atoms with van der Waals surface area (Å²) in [5.74, 6) is 2.93.